The summed E-state index contributed by atoms with van der Waals surface area (Å²) in [6.45, 7) is 2.94. The Hall–Kier alpha value is -2.65. The van der Waals surface area contributed by atoms with Gasteiger partial charge in [0.15, 0.2) is 0 Å². The number of nitrogens with one attached hydrogen (secondary N) is 1. The summed E-state index contributed by atoms with van der Waals surface area (Å²) in [7, 11) is 2.16. The highest BCUT2D eigenvalue weighted by Gasteiger charge is 2.19. The topological polar surface area (TPSA) is 77.8 Å². The minimum atomic E-state index is 0.395. The van der Waals surface area contributed by atoms with Crippen molar-refractivity contribution in [2.45, 2.75) is 12.8 Å². The van der Waals surface area contributed by atoms with E-state index in [2.05, 4.69) is 33.0 Å². The van der Waals surface area contributed by atoms with Crippen LogP contribution in [0.5, 0.6) is 5.75 Å². The van der Waals surface area contributed by atoms with Gasteiger partial charge >= 0.3 is 0 Å². The molecule has 0 amide bonds. The summed E-state index contributed by atoms with van der Waals surface area (Å²) in [5.41, 5.74) is 2.03. The maximum Gasteiger partial charge on any atom is 0.142 e. The fraction of sp³-hybridized carbons (Fsp3) is 0.389. The van der Waals surface area contributed by atoms with Crippen LogP contribution in [0, 0.1) is 17.2 Å². The largest absolute Gasteiger partial charge is 0.492 e. The molecule has 1 aliphatic heterocycles. The maximum absolute atomic E-state index is 9.10. The van der Waals surface area contributed by atoms with Gasteiger partial charge in [0, 0.05) is 24.0 Å². The molecule has 1 N–H and O–H groups in total. The van der Waals surface area contributed by atoms with Gasteiger partial charge < -0.3 is 14.6 Å². The molecule has 0 spiro atoms. The van der Waals surface area contributed by atoms with Crippen LogP contribution in [0.15, 0.2) is 24.5 Å². The molecule has 122 valence electrons. The van der Waals surface area contributed by atoms with Gasteiger partial charge in [-0.3, -0.25) is 0 Å². The van der Waals surface area contributed by atoms with Crippen molar-refractivity contribution in [1.29, 1.82) is 5.26 Å². The molecule has 6 nitrogen and oxygen atoms in total. The number of H-pyrrole nitrogens is 1. The molecule has 24 heavy (non-hydrogen) atoms. The summed E-state index contributed by atoms with van der Waals surface area (Å²) in [5, 5.41) is 11.0. The van der Waals surface area contributed by atoms with Gasteiger partial charge in [0.25, 0.3) is 0 Å². The minimum Gasteiger partial charge on any atom is -0.492 e. The lowest BCUT2D eigenvalue weighted by Crippen LogP contribution is -2.34. The van der Waals surface area contributed by atoms with Crippen molar-refractivity contribution in [2.24, 2.45) is 5.92 Å². The summed E-state index contributed by atoms with van der Waals surface area (Å²) in [5.74, 6) is 1.36. The first-order valence-corrected chi connectivity index (χ1v) is 8.22. The zero-order chi connectivity index (χ0) is 16.5. The van der Waals surface area contributed by atoms with Crippen LogP contribution in [0.1, 0.15) is 18.5 Å². The van der Waals surface area contributed by atoms with Crippen molar-refractivity contribution >= 4 is 21.9 Å². The number of nitriles is 1. The third-order valence-electron chi connectivity index (χ3n) is 4.65. The first-order valence-electron chi connectivity index (χ1n) is 8.22. The second kappa shape index (κ2) is 6.10. The van der Waals surface area contributed by atoms with Crippen molar-refractivity contribution in [3.05, 3.63) is 30.2 Å². The smallest absolute Gasteiger partial charge is 0.142 e. The highest BCUT2D eigenvalue weighted by molar-refractivity contribution is 6.09. The number of likely N-dealkylation sites (tertiary alicyclic amines) is 1. The Bertz CT molecular complexity index is 926. The van der Waals surface area contributed by atoms with Crippen LogP contribution in [0.2, 0.25) is 0 Å². The van der Waals surface area contributed by atoms with Crippen molar-refractivity contribution in [1.82, 2.24) is 19.9 Å². The quantitative estimate of drug-likeness (QED) is 0.802. The van der Waals surface area contributed by atoms with Crippen LogP contribution in [0.25, 0.3) is 21.9 Å². The van der Waals surface area contributed by atoms with Crippen LogP contribution in [0.4, 0.5) is 0 Å². The normalized spacial score (nSPS) is 18.8. The van der Waals surface area contributed by atoms with E-state index in [4.69, 9.17) is 10.00 Å². The fourth-order valence-electron chi connectivity index (χ4n) is 3.49. The second-order valence-corrected chi connectivity index (χ2v) is 6.47. The average Bonchev–Trinajstić information content (AvgIpc) is 2.98. The lowest BCUT2D eigenvalue weighted by molar-refractivity contribution is 0.151. The summed E-state index contributed by atoms with van der Waals surface area (Å²) in [6.07, 6.45) is 5.85. The number of piperidine rings is 1. The molecule has 3 aromatic heterocycles. The van der Waals surface area contributed by atoms with Crippen molar-refractivity contribution < 1.29 is 4.74 Å². The Morgan fingerprint density at radius 3 is 3.21 bits per heavy atom. The van der Waals surface area contributed by atoms with E-state index >= 15 is 0 Å². The van der Waals surface area contributed by atoms with E-state index in [1.54, 1.807) is 18.5 Å². The Morgan fingerprint density at radius 1 is 1.46 bits per heavy atom. The summed E-state index contributed by atoms with van der Waals surface area (Å²) >= 11 is 0. The molecule has 1 atom stereocenters. The number of aromatic nitrogens is 3. The molecule has 0 aliphatic carbocycles. The minimum absolute atomic E-state index is 0.395. The number of hydrogen-bond donors (Lipinski definition) is 1. The highest BCUT2D eigenvalue weighted by Crippen LogP contribution is 2.32. The zero-order valence-corrected chi connectivity index (χ0v) is 13.6. The number of hydrogen-bond acceptors (Lipinski definition) is 5. The molecule has 4 rings (SSSR count). The fourth-order valence-corrected chi connectivity index (χ4v) is 3.49. The summed E-state index contributed by atoms with van der Waals surface area (Å²) in [6, 6.07) is 5.78. The Morgan fingerprint density at radius 2 is 2.38 bits per heavy atom. The Kier molecular flexibility index (Phi) is 3.79. The lowest BCUT2D eigenvalue weighted by atomic mass is 9.99. The number of nitrogens with zero attached hydrogens (tertiary/aromatic N) is 4. The monoisotopic (exact) mass is 321 g/mol. The van der Waals surface area contributed by atoms with Gasteiger partial charge in [-0.25, -0.2) is 9.97 Å². The Labute approximate surface area is 140 Å². The van der Waals surface area contributed by atoms with E-state index in [1.165, 1.54) is 19.4 Å². The van der Waals surface area contributed by atoms with Gasteiger partial charge in [0.1, 0.15) is 23.2 Å². The summed E-state index contributed by atoms with van der Waals surface area (Å²) < 4.78 is 6.16. The first kappa shape index (κ1) is 14.9. The first-order chi connectivity index (χ1) is 11.7. The molecule has 1 unspecified atom stereocenters. The number of rotatable bonds is 3. The molecule has 4 heterocycles. The van der Waals surface area contributed by atoms with Crippen LogP contribution < -0.4 is 4.74 Å². The second-order valence-electron chi connectivity index (χ2n) is 6.47. The van der Waals surface area contributed by atoms with Crippen LogP contribution in [0.3, 0.4) is 0 Å². The zero-order valence-electron chi connectivity index (χ0n) is 13.6. The van der Waals surface area contributed by atoms with Crippen molar-refractivity contribution in [3.8, 4) is 11.8 Å². The van der Waals surface area contributed by atoms with Crippen LogP contribution in [-0.4, -0.2) is 46.6 Å². The molecule has 1 saturated heterocycles. The number of aromatic amines is 1. The molecule has 3 aromatic rings. The van der Waals surface area contributed by atoms with Crippen molar-refractivity contribution in [2.75, 3.05) is 26.7 Å². The predicted octanol–water partition coefficient (Wildman–Crippen LogP) is 2.70. The predicted molar refractivity (Wildman–Crippen MR) is 91.8 cm³/mol. The number of fused-ring (bicyclic) bond motifs is 3. The van der Waals surface area contributed by atoms with Gasteiger partial charge in [0.2, 0.25) is 0 Å². The van der Waals surface area contributed by atoms with E-state index in [0.717, 1.165) is 34.2 Å². The van der Waals surface area contributed by atoms with Gasteiger partial charge in [-0.1, -0.05) is 0 Å². The molecule has 1 fully saturated rings. The third kappa shape index (κ3) is 2.68. The molecule has 0 saturated carbocycles. The van der Waals surface area contributed by atoms with Gasteiger partial charge in [-0.15, -0.1) is 0 Å². The van der Waals surface area contributed by atoms with Crippen molar-refractivity contribution in [3.63, 3.8) is 0 Å². The van der Waals surface area contributed by atoms with Gasteiger partial charge in [0.05, 0.1) is 23.7 Å². The van der Waals surface area contributed by atoms with E-state index in [0.29, 0.717) is 18.2 Å². The molecule has 0 radical (unpaired) electrons. The van der Waals surface area contributed by atoms with E-state index in [9.17, 15) is 0 Å². The highest BCUT2D eigenvalue weighted by atomic mass is 16.5. The number of pyridine rings is 2. The molecule has 6 heteroatoms. The average molecular weight is 321 g/mol. The molecular formula is C18H19N5O. The SMILES string of the molecule is CN1CCCC(COc2ccnc3[nH]c4cnc(C#N)cc4c23)C1. The number of ether oxygens (including phenoxy) is 1. The summed E-state index contributed by atoms with van der Waals surface area (Å²) in [4.78, 5) is 14.1. The van der Waals surface area contributed by atoms with Crippen LogP contribution in [-0.2, 0) is 0 Å². The van der Waals surface area contributed by atoms with E-state index in [1.807, 2.05) is 6.07 Å². The lowest BCUT2D eigenvalue weighted by Gasteiger charge is -2.29. The van der Waals surface area contributed by atoms with Gasteiger partial charge in [-0.2, -0.15) is 5.26 Å². The van der Waals surface area contributed by atoms with Crippen LogP contribution >= 0.6 is 0 Å². The van der Waals surface area contributed by atoms with Gasteiger partial charge in [-0.05, 0) is 38.6 Å². The standard InChI is InChI=1S/C18H19N5O/c1-23-6-2-3-12(10-23)11-24-16-4-5-20-18-17(16)14-7-13(8-19)21-9-15(14)22-18/h4-5,7,9,12H,2-3,6,10-11H2,1H3,(H,20,22). The molecule has 0 bridgehead atoms. The maximum atomic E-state index is 9.10. The molecular weight excluding hydrogens is 302 g/mol. The third-order valence-corrected chi connectivity index (χ3v) is 4.65. The molecule has 0 aromatic carbocycles. The van der Waals surface area contributed by atoms with E-state index < -0.39 is 0 Å². The Balaban J connectivity index is 1.68. The van der Waals surface area contributed by atoms with E-state index in [-0.39, 0.29) is 0 Å². The molecule has 1 aliphatic rings.